The Kier molecular flexibility index (Phi) is 6.01. The molecule has 1 atom stereocenters. The maximum Gasteiger partial charge on any atom is 0.414 e. The largest absolute Gasteiger partial charge is 0.444 e. The minimum atomic E-state index is -0.326. The van der Waals surface area contributed by atoms with Crippen LogP contribution in [0.5, 0.6) is 0 Å². The first-order valence-corrected chi connectivity index (χ1v) is 11.9. The van der Waals surface area contributed by atoms with E-state index >= 15 is 0 Å². The monoisotopic (exact) mass is 447 g/mol. The molecule has 0 bridgehead atoms. The summed E-state index contributed by atoms with van der Waals surface area (Å²) in [6.45, 7) is 2.21. The normalized spacial score (nSPS) is 17.9. The second kappa shape index (κ2) is 9.22. The summed E-state index contributed by atoms with van der Waals surface area (Å²) in [5, 5.41) is 8.92. The molecule has 0 aromatic heterocycles. The maximum atomic E-state index is 12.4. The Balaban J connectivity index is 1.11. The molecule has 0 spiro atoms. The number of anilines is 2. The topological polar surface area (TPSA) is 70.7 Å². The molecule has 2 aliphatic rings. The number of ether oxygens (including phenoxy) is 1. The number of carbonyl (C=O) groups is 2. The summed E-state index contributed by atoms with van der Waals surface area (Å²) in [5.74, 6) is 0.409. The second-order valence-electron chi connectivity index (χ2n) is 8.09. The Labute approximate surface area is 191 Å². The number of nitrogens with zero attached hydrogens (tertiary/aromatic N) is 1. The van der Waals surface area contributed by atoms with Crippen LogP contribution in [0, 0.1) is 0 Å². The maximum absolute atomic E-state index is 12.4. The van der Waals surface area contributed by atoms with Crippen molar-refractivity contribution in [3.05, 3.63) is 66.2 Å². The first-order valence-electron chi connectivity index (χ1n) is 10.9. The number of hydrogen-bond donors (Lipinski definition) is 2. The summed E-state index contributed by atoms with van der Waals surface area (Å²) in [6, 6.07) is 20.5. The van der Waals surface area contributed by atoms with Gasteiger partial charge in [-0.1, -0.05) is 42.5 Å². The number of thioether (sulfide) groups is 1. The highest BCUT2D eigenvalue weighted by Gasteiger charge is 2.32. The fraction of sp³-hybridized carbons (Fsp3) is 0.280. The summed E-state index contributed by atoms with van der Waals surface area (Å²) in [6.07, 6.45) is 1.28. The summed E-state index contributed by atoms with van der Waals surface area (Å²) in [4.78, 5) is 26.7. The van der Waals surface area contributed by atoms with Crippen LogP contribution in [-0.4, -0.2) is 36.9 Å². The average molecular weight is 448 g/mol. The number of nitrogens with one attached hydrogen (secondary N) is 2. The molecule has 5 rings (SSSR count). The Morgan fingerprint density at radius 3 is 2.91 bits per heavy atom. The van der Waals surface area contributed by atoms with Crippen molar-refractivity contribution in [3.63, 3.8) is 0 Å². The highest BCUT2D eigenvalue weighted by Crippen LogP contribution is 2.35. The Bertz CT molecular complexity index is 1160. The van der Waals surface area contributed by atoms with Gasteiger partial charge in [0.2, 0.25) is 5.91 Å². The Morgan fingerprint density at radius 2 is 1.97 bits per heavy atom. The van der Waals surface area contributed by atoms with E-state index in [4.69, 9.17) is 4.74 Å². The van der Waals surface area contributed by atoms with Gasteiger partial charge in [0.05, 0.1) is 18.0 Å². The Hall–Kier alpha value is -3.03. The molecule has 2 heterocycles. The molecule has 0 saturated carbocycles. The molecule has 2 aliphatic heterocycles. The van der Waals surface area contributed by atoms with Crippen molar-refractivity contribution in [2.45, 2.75) is 30.4 Å². The van der Waals surface area contributed by atoms with Gasteiger partial charge in [-0.2, -0.15) is 0 Å². The van der Waals surface area contributed by atoms with E-state index in [2.05, 4.69) is 53.1 Å². The quantitative estimate of drug-likeness (QED) is 0.510. The predicted molar refractivity (Wildman–Crippen MR) is 128 cm³/mol. The summed E-state index contributed by atoms with van der Waals surface area (Å²) >= 11 is 1.51. The lowest BCUT2D eigenvalue weighted by Gasteiger charge is -2.20. The fourth-order valence-corrected chi connectivity index (χ4v) is 5.03. The van der Waals surface area contributed by atoms with E-state index in [-0.39, 0.29) is 18.1 Å². The third kappa shape index (κ3) is 4.45. The lowest BCUT2D eigenvalue weighted by molar-refractivity contribution is -0.113. The van der Waals surface area contributed by atoms with Gasteiger partial charge in [0.25, 0.3) is 0 Å². The van der Waals surface area contributed by atoms with Crippen LogP contribution in [0.25, 0.3) is 10.8 Å². The third-order valence-corrected chi connectivity index (χ3v) is 6.93. The number of rotatable bonds is 7. The summed E-state index contributed by atoms with van der Waals surface area (Å²) in [7, 11) is 0. The third-order valence-electron chi connectivity index (χ3n) is 5.86. The van der Waals surface area contributed by atoms with Gasteiger partial charge in [0.1, 0.15) is 6.10 Å². The molecule has 2 amide bonds. The molecule has 3 aromatic rings. The molecule has 1 unspecified atom stereocenters. The molecule has 32 heavy (non-hydrogen) atoms. The van der Waals surface area contributed by atoms with Gasteiger partial charge in [-0.15, -0.1) is 11.8 Å². The van der Waals surface area contributed by atoms with Gasteiger partial charge in [-0.05, 0) is 53.9 Å². The van der Waals surface area contributed by atoms with E-state index < -0.39 is 0 Å². The number of hydrogen-bond acceptors (Lipinski definition) is 5. The van der Waals surface area contributed by atoms with Crippen LogP contribution in [0.1, 0.15) is 18.4 Å². The van der Waals surface area contributed by atoms with Crippen molar-refractivity contribution < 1.29 is 14.3 Å². The van der Waals surface area contributed by atoms with Crippen LogP contribution in [0.15, 0.2) is 65.6 Å². The predicted octanol–water partition coefficient (Wildman–Crippen LogP) is 4.78. The number of fused-ring (bicyclic) bond motifs is 2. The average Bonchev–Trinajstić information content (AvgIpc) is 3.18. The van der Waals surface area contributed by atoms with Crippen LogP contribution in [0.3, 0.4) is 0 Å². The van der Waals surface area contributed by atoms with Gasteiger partial charge in [0, 0.05) is 17.1 Å². The molecule has 3 aromatic carbocycles. The zero-order valence-corrected chi connectivity index (χ0v) is 18.5. The van der Waals surface area contributed by atoms with E-state index in [1.54, 1.807) is 4.90 Å². The molecule has 6 nitrogen and oxygen atoms in total. The molecule has 0 radical (unpaired) electrons. The van der Waals surface area contributed by atoms with Crippen molar-refractivity contribution in [3.8, 4) is 0 Å². The number of amides is 2. The lowest BCUT2D eigenvalue weighted by Crippen LogP contribution is -2.25. The summed E-state index contributed by atoms with van der Waals surface area (Å²) < 4.78 is 5.58. The highest BCUT2D eigenvalue weighted by molar-refractivity contribution is 8.00. The van der Waals surface area contributed by atoms with Crippen molar-refractivity contribution in [2.75, 3.05) is 29.1 Å². The number of benzene rings is 3. The van der Waals surface area contributed by atoms with Gasteiger partial charge in [-0.25, -0.2) is 4.79 Å². The van der Waals surface area contributed by atoms with Crippen LogP contribution < -0.4 is 15.5 Å². The summed E-state index contributed by atoms with van der Waals surface area (Å²) in [5.41, 5.74) is 2.81. The van der Waals surface area contributed by atoms with E-state index in [1.165, 1.54) is 28.1 Å². The van der Waals surface area contributed by atoms with Crippen LogP contribution in [0.2, 0.25) is 0 Å². The Morgan fingerprint density at radius 1 is 1.09 bits per heavy atom. The molecule has 1 saturated heterocycles. The van der Waals surface area contributed by atoms with E-state index in [0.29, 0.717) is 12.3 Å². The van der Waals surface area contributed by atoms with E-state index in [9.17, 15) is 9.59 Å². The standard InChI is InChI=1S/C25H25N3O3S/c29-24-16-32-23-11-10-19(13-22(23)27-24)28-15-20(31-25(28)30)8-4-12-26-14-18-7-3-6-17-5-1-2-9-21(17)18/h1-3,5-7,9-11,13,20,26H,4,8,12,14-16H2,(H,27,29). The van der Waals surface area contributed by atoms with Gasteiger partial charge < -0.3 is 15.4 Å². The molecule has 1 fully saturated rings. The van der Waals surface area contributed by atoms with E-state index in [1.807, 2.05) is 18.2 Å². The van der Waals surface area contributed by atoms with Crippen molar-refractivity contribution >= 4 is 45.9 Å². The molecule has 2 N–H and O–H groups in total. The number of cyclic esters (lactones) is 1. The zero-order valence-electron chi connectivity index (χ0n) is 17.7. The molecular formula is C25H25N3O3S. The highest BCUT2D eigenvalue weighted by atomic mass is 32.2. The van der Waals surface area contributed by atoms with Gasteiger partial charge >= 0.3 is 6.09 Å². The molecule has 164 valence electrons. The molecular weight excluding hydrogens is 422 g/mol. The first-order chi connectivity index (χ1) is 15.7. The second-order valence-corrected chi connectivity index (χ2v) is 9.11. The first kappa shape index (κ1) is 20.8. The van der Waals surface area contributed by atoms with Gasteiger partial charge in [-0.3, -0.25) is 9.69 Å². The van der Waals surface area contributed by atoms with Crippen molar-refractivity contribution in [1.29, 1.82) is 0 Å². The van der Waals surface area contributed by atoms with Gasteiger partial charge in [0.15, 0.2) is 0 Å². The molecule has 7 heteroatoms. The smallest absolute Gasteiger partial charge is 0.414 e. The minimum absolute atomic E-state index is 0.0162. The fourth-order valence-electron chi connectivity index (χ4n) is 4.25. The van der Waals surface area contributed by atoms with Crippen molar-refractivity contribution in [1.82, 2.24) is 5.32 Å². The SMILES string of the molecule is O=C1CSc2ccc(N3CC(CCCNCc4cccc5ccccc45)OC3=O)cc2N1. The zero-order chi connectivity index (χ0) is 21.9. The van der Waals surface area contributed by atoms with Crippen LogP contribution in [0.4, 0.5) is 16.2 Å². The van der Waals surface area contributed by atoms with E-state index in [0.717, 1.165) is 42.2 Å². The van der Waals surface area contributed by atoms with Crippen LogP contribution >= 0.6 is 11.8 Å². The van der Waals surface area contributed by atoms with Crippen LogP contribution in [-0.2, 0) is 16.1 Å². The lowest BCUT2D eigenvalue weighted by atomic mass is 10.0. The van der Waals surface area contributed by atoms with Crippen molar-refractivity contribution in [2.24, 2.45) is 0 Å². The minimum Gasteiger partial charge on any atom is -0.444 e. The molecule has 0 aliphatic carbocycles. The number of carbonyl (C=O) groups excluding carboxylic acids is 2.